The van der Waals surface area contributed by atoms with Gasteiger partial charge in [0.25, 0.3) is 11.8 Å². The van der Waals surface area contributed by atoms with Gasteiger partial charge >= 0.3 is 0 Å². The second kappa shape index (κ2) is 9.88. The topological polar surface area (TPSA) is 130 Å². The van der Waals surface area contributed by atoms with E-state index < -0.39 is 29.6 Å². The van der Waals surface area contributed by atoms with E-state index in [1.807, 2.05) is 0 Å². The molecule has 33 heavy (non-hydrogen) atoms. The summed E-state index contributed by atoms with van der Waals surface area (Å²) in [6, 6.07) is 6.60. The summed E-state index contributed by atoms with van der Waals surface area (Å²) < 4.78 is 26.7. The minimum Gasteiger partial charge on any atom is -0.382 e. The van der Waals surface area contributed by atoms with Gasteiger partial charge in [0, 0.05) is 23.4 Å². The van der Waals surface area contributed by atoms with Crippen LogP contribution in [0.4, 0.5) is 20.3 Å². The number of carbonyl (C=O) groups is 2. The molecule has 0 saturated heterocycles. The number of aliphatic hydroxyl groups is 1. The van der Waals surface area contributed by atoms with Gasteiger partial charge in [-0.2, -0.15) is 0 Å². The number of benzene rings is 2. The van der Waals surface area contributed by atoms with E-state index in [2.05, 4.69) is 20.6 Å². The van der Waals surface area contributed by atoms with Gasteiger partial charge in [-0.25, -0.2) is 18.7 Å². The molecule has 0 radical (unpaired) electrons. The molecule has 0 spiro atoms. The predicted octanol–water partition coefficient (Wildman–Crippen LogP) is 3.47. The van der Waals surface area contributed by atoms with Gasteiger partial charge in [0.1, 0.15) is 11.6 Å². The Bertz CT molecular complexity index is 1200. The Hall–Kier alpha value is -3.63. The Kier molecular flexibility index (Phi) is 7.19. The lowest BCUT2D eigenvalue weighted by molar-refractivity contribution is -0.124. The van der Waals surface area contributed by atoms with Crippen LogP contribution in [0.5, 0.6) is 0 Å². The van der Waals surface area contributed by atoms with E-state index in [1.54, 1.807) is 13.8 Å². The number of carbonyl (C=O) groups excluding carboxylic acids is 2. The van der Waals surface area contributed by atoms with Crippen LogP contribution in [-0.2, 0) is 4.79 Å². The fourth-order valence-corrected chi connectivity index (χ4v) is 3.20. The smallest absolute Gasteiger partial charge is 0.273 e. The average molecular weight is 476 g/mol. The zero-order valence-electron chi connectivity index (χ0n) is 17.6. The highest BCUT2D eigenvalue weighted by Crippen LogP contribution is 2.30. The lowest BCUT2D eigenvalue weighted by Crippen LogP contribution is -2.31. The number of rotatable bonds is 6. The zero-order chi connectivity index (χ0) is 24.3. The Morgan fingerprint density at radius 2 is 1.79 bits per heavy atom. The van der Waals surface area contributed by atoms with Crippen LogP contribution in [0.1, 0.15) is 36.0 Å². The Morgan fingerprint density at radius 1 is 1.12 bits per heavy atom. The third-order valence-corrected chi connectivity index (χ3v) is 4.71. The number of aliphatic hydroxyl groups excluding tert-OH is 1. The minimum absolute atomic E-state index is 0.0420. The van der Waals surface area contributed by atoms with Crippen molar-refractivity contribution in [3.05, 3.63) is 70.5 Å². The van der Waals surface area contributed by atoms with Gasteiger partial charge in [-0.1, -0.05) is 11.6 Å². The maximum Gasteiger partial charge on any atom is 0.273 e. The number of aromatic nitrogens is 2. The van der Waals surface area contributed by atoms with E-state index in [9.17, 15) is 23.5 Å². The molecular weight excluding hydrogens is 456 g/mol. The second-order valence-electron chi connectivity index (χ2n) is 7.41. The molecule has 5 N–H and O–H groups in total. The van der Waals surface area contributed by atoms with Crippen LogP contribution in [-0.4, -0.2) is 32.9 Å². The standard InChI is InChI=1S/C22H20ClF2N5O3/c1-10(2)28-21(32)18-20(26)27-9-17(30-18)15-4-3-14(8-16(15)23)29-22(33)19(31)11-5-12(24)7-13(25)6-11/h3-10,19,31H,1-2H3,(H2,26,27)(H,28,32)(H,29,33)/t19-/m0/s1. The highest BCUT2D eigenvalue weighted by atomic mass is 35.5. The molecule has 0 fully saturated rings. The number of hydrogen-bond donors (Lipinski definition) is 4. The molecule has 3 rings (SSSR count). The molecule has 0 aliphatic heterocycles. The van der Waals surface area contributed by atoms with Crippen molar-refractivity contribution in [2.45, 2.75) is 26.0 Å². The maximum atomic E-state index is 13.4. The average Bonchev–Trinajstić information content (AvgIpc) is 2.72. The van der Waals surface area contributed by atoms with Crippen LogP contribution in [0, 0.1) is 11.6 Å². The molecule has 172 valence electrons. The van der Waals surface area contributed by atoms with Crippen LogP contribution in [0.25, 0.3) is 11.3 Å². The normalized spacial score (nSPS) is 11.8. The van der Waals surface area contributed by atoms with Crippen LogP contribution >= 0.6 is 11.6 Å². The predicted molar refractivity (Wildman–Crippen MR) is 119 cm³/mol. The number of nitrogens with two attached hydrogens (primary N) is 1. The highest BCUT2D eigenvalue weighted by molar-refractivity contribution is 6.33. The first kappa shape index (κ1) is 24.0. The second-order valence-corrected chi connectivity index (χ2v) is 7.81. The lowest BCUT2D eigenvalue weighted by atomic mass is 10.1. The molecule has 0 aliphatic rings. The van der Waals surface area contributed by atoms with Gasteiger partial charge < -0.3 is 21.5 Å². The molecular formula is C22H20ClF2N5O3. The van der Waals surface area contributed by atoms with Gasteiger partial charge in [0.15, 0.2) is 17.6 Å². The van der Waals surface area contributed by atoms with Crippen molar-refractivity contribution in [1.82, 2.24) is 15.3 Å². The van der Waals surface area contributed by atoms with Gasteiger partial charge in [-0.15, -0.1) is 0 Å². The summed E-state index contributed by atoms with van der Waals surface area (Å²) in [6.07, 6.45) is -0.456. The van der Waals surface area contributed by atoms with Crippen LogP contribution in [0.15, 0.2) is 42.6 Å². The van der Waals surface area contributed by atoms with Crippen molar-refractivity contribution in [3.8, 4) is 11.3 Å². The van der Waals surface area contributed by atoms with Gasteiger partial charge in [0.05, 0.1) is 16.9 Å². The summed E-state index contributed by atoms with van der Waals surface area (Å²) in [6.45, 7) is 3.58. The summed E-state index contributed by atoms with van der Waals surface area (Å²) in [5.74, 6) is -3.28. The molecule has 0 aliphatic carbocycles. The van der Waals surface area contributed by atoms with Crippen molar-refractivity contribution >= 4 is 34.9 Å². The van der Waals surface area contributed by atoms with E-state index in [1.165, 1.54) is 24.4 Å². The van der Waals surface area contributed by atoms with Crippen LogP contribution in [0.2, 0.25) is 5.02 Å². The van der Waals surface area contributed by atoms with Crippen LogP contribution in [0.3, 0.4) is 0 Å². The van der Waals surface area contributed by atoms with Crippen molar-refractivity contribution in [1.29, 1.82) is 0 Å². The molecule has 8 nitrogen and oxygen atoms in total. The zero-order valence-corrected chi connectivity index (χ0v) is 18.3. The molecule has 2 aromatic carbocycles. The Morgan fingerprint density at radius 3 is 2.39 bits per heavy atom. The van der Waals surface area contributed by atoms with Gasteiger partial charge in [0.2, 0.25) is 0 Å². The first-order valence-electron chi connectivity index (χ1n) is 9.73. The summed E-state index contributed by atoms with van der Waals surface area (Å²) in [5, 5.41) is 15.4. The number of nitrogens with zero attached hydrogens (tertiary/aromatic N) is 2. The third-order valence-electron chi connectivity index (χ3n) is 4.40. The quantitative estimate of drug-likeness (QED) is 0.432. The number of nitrogen functional groups attached to an aromatic ring is 1. The van der Waals surface area contributed by atoms with E-state index in [0.717, 1.165) is 12.1 Å². The van der Waals surface area contributed by atoms with Crippen molar-refractivity contribution in [2.75, 3.05) is 11.1 Å². The number of halogens is 3. The number of hydrogen-bond acceptors (Lipinski definition) is 6. The summed E-state index contributed by atoms with van der Waals surface area (Å²) in [7, 11) is 0. The molecule has 2 amide bonds. The molecule has 1 atom stereocenters. The molecule has 11 heteroatoms. The van der Waals surface area contributed by atoms with E-state index in [0.29, 0.717) is 11.6 Å². The summed E-state index contributed by atoms with van der Waals surface area (Å²) >= 11 is 6.33. The molecule has 0 unspecified atom stereocenters. The van der Waals surface area contributed by atoms with E-state index >= 15 is 0 Å². The van der Waals surface area contributed by atoms with Crippen molar-refractivity contribution in [3.63, 3.8) is 0 Å². The largest absolute Gasteiger partial charge is 0.382 e. The number of anilines is 2. The maximum absolute atomic E-state index is 13.4. The van der Waals surface area contributed by atoms with Gasteiger partial charge in [-0.3, -0.25) is 9.59 Å². The number of nitrogens with one attached hydrogen (secondary N) is 2. The molecule has 0 saturated carbocycles. The van der Waals surface area contributed by atoms with Gasteiger partial charge in [-0.05, 0) is 49.7 Å². The van der Waals surface area contributed by atoms with E-state index in [4.69, 9.17) is 17.3 Å². The fourth-order valence-electron chi connectivity index (χ4n) is 2.92. The Balaban J connectivity index is 1.81. The Labute approximate surface area is 192 Å². The van der Waals surface area contributed by atoms with Crippen LogP contribution < -0.4 is 16.4 Å². The van der Waals surface area contributed by atoms with Crippen molar-refractivity contribution in [2.24, 2.45) is 0 Å². The summed E-state index contributed by atoms with van der Waals surface area (Å²) in [4.78, 5) is 32.9. The number of amides is 2. The monoisotopic (exact) mass is 475 g/mol. The summed E-state index contributed by atoms with van der Waals surface area (Å²) in [5.41, 5.74) is 6.37. The lowest BCUT2D eigenvalue weighted by Gasteiger charge is -2.14. The molecule has 0 bridgehead atoms. The minimum atomic E-state index is -1.81. The SMILES string of the molecule is CC(C)NC(=O)c1nc(-c2ccc(NC(=O)[C@@H](O)c3cc(F)cc(F)c3)cc2Cl)cnc1N. The first-order valence-corrected chi connectivity index (χ1v) is 10.1. The first-order chi connectivity index (χ1) is 15.5. The highest BCUT2D eigenvalue weighted by Gasteiger charge is 2.20. The fraction of sp³-hybridized carbons (Fsp3) is 0.182. The molecule has 1 aromatic heterocycles. The van der Waals surface area contributed by atoms with E-state index in [-0.39, 0.29) is 39.5 Å². The molecule has 1 heterocycles. The van der Waals surface area contributed by atoms with Crippen molar-refractivity contribution < 1.29 is 23.5 Å². The third kappa shape index (κ3) is 5.79. The molecule has 3 aromatic rings.